The van der Waals surface area contributed by atoms with Gasteiger partial charge in [0, 0.05) is 45.2 Å². The van der Waals surface area contributed by atoms with E-state index in [-0.39, 0.29) is 5.92 Å². The smallest absolute Gasteiger partial charge is 0.225 e. The molecule has 0 atom stereocenters. The molecule has 2 aromatic carbocycles. The number of hydrogen-bond acceptors (Lipinski definition) is 6. The third-order valence-corrected chi connectivity index (χ3v) is 7.00. The summed E-state index contributed by atoms with van der Waals surface area (Å²) in [5.74, 6) is 2.44. The molecule has 0 N–H and O–H groups in total. The van der Waals surface area contributed by atoms with Crippen molar-refractivity contribution in [1.82, 2.24) is 14.7 Å². The summed E-state index contributed by atoms with van der Waals surface area (Å²) in [4.78, 5) is 20.1. The predicted octanol–water partition coefficient (Wildman–Crippen LogP) is 3.27. The van der Waals surface area contributed by atoms with E-state index in [9.17, 15) is 4.79 Å². The zero-order chi connectivity index (χ0) is 23.9. The van der Waals surface area contributed by atoms with E-state index < -0.39 is 0 Å². The number of hydrogen-bond donors (Lipinski definition) is 0. The number of piperazine rings is 1. The minimum Gasteiger partial charge on any atom is -0.493 e. The van der Waals surface area contributed by atoms with Crippen LogP contribution in [0.5, 0.6) is 17.2 Å². The molecule has 2 aliphatic rings. The van der Waals surface area contributed by atoms with Crippen molar-refractivity contribution in [3.8, 4) is 17.2 Å². The molecule has 2 aromatic rings. The summed E-state index contributed by atoms with van der Waals surface area (Å²) in [7, 11) is 4.89. The van der Waals surface area contributed by atoms with E-state index >= 15 is 0 Å². The molecule has 2 fully saturated rings. The zero-order valence-electron chi connectivity index (χ0n) is 20.7. The van der Waals surface area contributed by atoms with Gasteiger partial charge in [0.15, 0.2) is 11.5 Å². The maximum Gasteiger partial charge on any atom is 0.225 e. The van der Waals surface area contributed by atoms with Crippen LogP contribution in [0, 0.1) is 5.92 Å². The average molecular weight is 468 g/mol. The maximum absolute atomic E-state index is 13.2. The molecule has 0 radical (unpaired) electrons. The van der Waals surface area contributed by atoms with E-state index in [1.165, 1.54) is 5.56 Å². The second-order valence-corrected chi connectivity index (χ2v) is 9.17. The molecule has 2 saturated heterocycles. The first-order valence-electron chi connectivity index (χ1n) is 12.2. The lowest BCUT2D eigenvalue weighted by Gasteiger charge is -2.38. The molecule has 0 aromatic heterocycles. The summed E-state index contributed by atoms with van der Waals surface area (Å²) in [6.45, 7) is 7.15. The van der Waals surface area contributed by atoms with Crippen LogP contribution in [-0.4, -0.2) is 81.2 Å². The lowest BCUT2D eigenvalue weighted by atomic mass is 9.94. The predicted molar refractivity (Wildman–Crippen MR) is 132 cm³/mol. The van der Waals surface area contributed by atoms with Crippen LogP contribution in [0.25, 0.3) is 0 Å². The first-order chi connectivity index (χ1) is 16.6. The quantitative estimate of drug-likeness (QED) is 0.594. The number of piperidine rings is 1. The summed E-state index contributed by atoms with van der Waals surface area (Å²) in [6, 6.07) is 14.6. The lowest BCUT2D eigenvalue weighted by Crippen LogP contribution is -2.51. The number of carbonyl (C=O) groups is 1. The first kappa shape index (κ1) is 24.4. The zero-order valence-corrected chi connectivity index (χ0v) is 20.7. The Morgan fingerprint density at radius 2 is 1.32 bits per heavy atom. The van der Waals surface area contributed by atoms with Gasteiger partial charge in [0.05, 0.1) is 21.3 Å². The summed E-state index contributed by atoms with van der Waals surface area (Å²) < 4.78 is 16.4. The van der Waals surface area contributed by atoms with E-state index in [1.54, 1.807) is 21.3 Å². The Labute approximate surface area is 203 Å². The van der Waals surface area contributed by atoms with E-state index in [2.05, 4.69) is 45.0 Å². The van der Waals surface area contributed by atoms with Crippen molar-refractivity contribution in [3.05, 3.63) is 53.6 Å². The Morgan fingerprint density at radius 3 is 1.88 bits per heavy atom. The molecule has 34 heavy (non-hydrogen) atoms. The average Bonchev–Trinajstić information content (AvgIpc) is 2.89. The third-order valence-electron chi connectivity index (χ3n) is 7.00. The van der Waals surface area contributed by atoms with Crippen LogP contribution in [0.2, 0.25) is 0 Å². The maximum atomic E-state index is 13.2. The van der Waals surface area contributed by atoms with Crippen LogP contribution < -0.4 is 14.2 Å². The third kappa shape index (κ3) is 5.83. The Hall–Kier alpha value is -2.77. The lowest BCUT2D eigenvalue weighted by molar-refractivity contribution is -0.139. The standard InChI is InChI=1S/C27H37N3O4/c1-32-24-17-22(18-25(33-2)26(24)34-3)20-28-11-9-23(10-12-28)27(31)30-15-13-29(14-16-30)19-21-7-5-4-6-8-21/h4-8,17-18,23H,9-16,19-20H2,1-3H3. The van der Waals surface area contributed by atoms with Crippen LogP contribution in [0.4, 0.5) is 0 Å². The monoisotopic (exact) mass is 467 g/mol. The SMILES string of the molecule is COc1cc(CN2CCC(C(=O)N3CCN(Cc4ccccc4)CC3)CC2)cc(OC)c1OC. The molecular formula is C27H37N3O4. The molecule has 2 heterocycles. The Morgan fingerprint density at radius 1 is 0.765 bits per heavy atom. The largest absolute Gasteiger partial charge is 0.493 e. The number of amides is 1. The van der Waals surface area contributed by atoms with Crippen molar-refractivity contribution in [2.45, 2.75) is 25.9 Å². The van der Waals surface area contributed by atoms with Gasteiger partial charge in [-0.15, -0.1) is 0 Å². The number of carbonyl (C=O) groups excluding carboxylic acids is 1. The molecular weight excluding hydrogens is 430 g/mol. The van der Waals surface area contributed by atoms with Crippen LogP contribution in [0.15, 0.2) is 42.5 Å². The molecule has 4 rings (SSSR count). The highest BCUT2D eigenvalue weighted by molar-refractivity contribution is 5.79. The molecule has 2 aliphatic heterocycles. The van der Waals surface area contributed by atoms with E-state index in [4.69, 9.17) is 14.2 Å². The van der Waals surface area contributed by atoms with E-state index in [0.29, 0.717) is 23.2 Å². The normalized spacial score (nSPS) is 18.0. The molecule has 0 spiro atoms. The Bertz CT molecular complexity index is 911. The van der Waals surface area contributed by atoms with Crippen molar-refractivity contribution in [1.29, 1.82) is 0 Å². The van der Waals surface area contributed by atoms with Crippen LogP contribution in [0.1, 0.15) is 24.0 Å². The molecule has 7 heteroatoms. The van der Waals surface area contributed by atoms with Gasteiger partial charge in [0.2, 0.25) is 11.7 Å². The van der Waals surface area contributed by atoms with Gasteiger partial charge in [-0.1, -0.05) is 30.3 Å². The second kappa shape index (κ2) is 11.6. The van der Waals surface area contributed by atoms with Crippen LogP contribution in [0.3, 0.4) is 0 Å². The number of ether oxygens (including phenoxy) is 3. The molecule has 184 valence electrons. The molecule has 0 aliphatic carbocycles. The fourth-order valence-electron chi connectivity index (χ4n) is 5.05. The molecule has 0 unspecified atom stereocenters. The summed E-state index contributed by atoms with van der Waals surface area (Å²) in [5.41, 5.74) is 2.45. The van der Waals surface area contributed by atoms with Gasteiger partial charge in [0.1, 0.15) is 0 Å². The minimum atomic E-state index is 0.136. The fraction of sp³-hybridized carbons (Fsp3) is 0.519. The number of methoxy groups -OCH3 is 3. The van der Waals surface area contributed by atoms with E-state index in [1.807, 2.05) is 12.1 Å². The summed E-state index contributed by atoms with van der Waals surface area (Å²) in [6.07, 6.45) is 1.82. The Balaban J connectivity index is 1.25. The van der Waals surface area contributed by atoms with Crippen LogP contribution >= 0.6 is 0 Å². The fourth-order valence-corrected chi connectivity index (χ4v) is 5.05. The first-order valence-corrected chi connectivity index (χ1v) is 12.2. The van der Waals surface area contributed by atoms with Gasteiger partial charge >= 0.3 is 0 Å². The van der Waals surface area contributed by atoms with Gasteiger partial charge in [-0.25, -0.2) is 0 Å². The number of benzene rings is 2. The number of nitrogens with zero attached hydrogens (tertiary/aromatic N) is 3. The second-order valence-electron chi connectivity index (χ2n) is 9.17. The summed E-state index contributed by atoms with van der Waals surface area (Å²) in [5, 5.41) is 0. The summed E-state index contributed by atoms with van der Waals surface area (Å²) >= 11 is 0. The molecule has 0 saturated carbocycles. The number of likely N-dealkylation sites (tertiary alicyclic amines) is 1. The van der Waals surface area contributed by atoms with Crippen molar-refractivity contribution in [2.24, 2.45) is 5.92 Å². The van der Waals surface area contributed by atoms with Gasteiger partial charge in [-0.2, -0.15) is 0 Å². The molecule has 1 amide bonds. The van der Waals surface area contributed by atoms with Crippen molar-refractivity contribution >= 4 is 5.91 Å². The topological polar surface area (TPSA) is 54.5 Å². The van der Waals surface area contributed by atoms with Gasteiger partial charge in [0.25, 0.3) is 0 Å². The van der Waals surface area contributed by atoms with Crippen LogP contribution in [-0.2, 0) is 17.9 Å². The number of rotatable bonds is 8. The molecule has 7 nitrogen and oxygen atoms in total. The van der Waals surface area contributed by atoms with Crippen molar-refractivity contribution in [3.63, 3.8) is 0 Å². The van der Waals surface area contributed by atoms with Gasteiger partial charge in [-0.3, -0.25) is 14.6 Å². The van der Waals surface area contributed by atoms with E-state index in [0.717, 1.165) is 70.8 Å². The van der Waals surface area contributed by atoms with Gasteiger partial charge < -0.3 is 19.1 Å². The molecule has 0 bridgehead atoms. The highest BCUT2D eigenvalue weighted by Crippen LogP contribution is 2.38. The highest BCUT2D eigenvalue weighted by atomic mass is 16.5. The minimum absolute atomic E-state index is 0.136. The van der Waals surface area contributed by atoms with Gasteiger partial charge in [-0.05, 0) is 49.2 Å². The van der Waals surface area contributed by atoms with Crippen molar-refractivity contribution < 1.29 is 19.0 Å². The Kier molecular flexibility index (Phi) is 8.29. The highest BCUT2D eigenvalue weighted by Gasteiger charge is 2.30. The van der Waals surface area contributed by atoms with Crippen molar-refractivity contribution in [2.75, 3.05) is 60.6 Å².